The molecule has 3 aromatic rings. The van der Waals surface area contributed by atoms with Crippen LogP contribution in [0.25, 0.3) is 10.9 Å². The van der Waals surface area contributed by atoms with Gasteiger partial charge in [0.2, 0.25) is 5.88 Å². The number of azo groups is 1. The number of para-hydroxylation sites is 1. The Kier molecular flexibility index (Phi) is 3.70. The number of carbonyl (C=O) groups excluding carboxylic acids is 1. The maximum atomic E-state index is 12.0. The van der Waals surface area contributed by atoms with E-state index in [2.05, 4.69) is 37.8 Å². The molecule has 0 bridgehead atoms. The zero-order valence-electron chi connectivity index (χ0n) is 10.7. The van der Waals surface area contributed by atoms with Crippen LogP contribution in [0.5, 0.6) is 5.88 Å². The number of aromatic amines is 1. The number of H-pyrrole nitrogens is 1. The van der Waals surface area contributed by atoms with Crippen LogP contribution in [0.4, 0.5) is 5.69 Å². The molecule has 1 amide bonds. The third kappa shape index (κ3) is 2.80. The number of rotatable bonds is 2. The van der Waals surface area contributed by atoms with Crippen molar-refractivity contribution in [3.8, 4) is 5.88 Å². The van der Waals surface area contributed by atoms with Crippen LogP contribution in [0.1, 0.15) is 10.4 Å². The highest BCUT2D eigenvalue weighted by molar-refractivity contribution is 14.1. The van der Waals surface area contributed by atoms with Crippen LogP contribution >= 0.6 is 22.6 Å². The second kappa shape index (κ2) is 5.65. The number of halogens is 1. The average molecular weight is 391 g/mol. The summed E-state index contributed by atoms with van der Waals surface area (Å²) < 4.78 is 0.948. The maximum absolute atomic E-state index is 12.0. The van der Waals surface area contributed by atoms with Crippen molar-refractivity contribution in [2.24, 2.45) is 10.2 Å². The van der Waals surface area contributed by atoms with Crippen LogP contribution in [-0.2, 0) is 0 Å². The van der Waals surface area contributed by atoms with E-state index in [-0.39, 0.29) is 11.6 Å². The maximum Gasteiger partial charge on any atom is 0.295 e. The van der Waals surface area contributed by atoms with Crippen LogP contribution in [-0.4, -0.2) is 16.0 Å². The van der Waals surface area contributed by atoms with Crippen LogP contribution < -0.4 is 0 Å². The molecule has 1 heterocycles. The first kappa shape index (κ1) is 13.7. The number of aromatic hydroxyl groups is 1. The van der Waals surface area contributed by atoms with Crippen molar-refractivity contribution < 1.29 is 9.90 Å². The van der Waals surface area contributed by atoms with E-state index in [0.717, 1.165) is 9.09 Å². The number of fused-ring (bicyclic) bond motifs is 1. The average Bonchev–Trinajstić information content (AvgIpc) is 2.80. The summed E-state index contributed by atoms with van der Waals surface area (Å²) in [6.07, 6.45) is 0. The van der Waals surface area contributed by atoms with Gasteiger partial charge in [-0.3, -0.25) is 4.79 Å². The number of aromatic nitrogens is 1. The highest BCUT2D eigenvalue weighted by Crippen LogP contribution is 2.35. The molecule has 0 saturated carbocycles. The SMILES string of the molecule is O=C(N=Nc1c(O)[nH]c2ccccc12)c1cccc(I)c1. The monoisotopic (exact) mass is 391 g/mol. The lowest BCUT2D eigenvalue weighted by Crippen LogP contribution is -1.93. The van der Waals surface area contributed by atoms with Crippen molar-refractivity contribution >= 4 is 45.1 Å². The van der Waals surface area contributed by atoms with Crippen LogP contribution in [0, 0.1) is 3.57 Å². The number of carbonyl (C=O) groups is 1. The first-order valence-corrected chi connectivity index (χ1v) is 7.24. The Labute approximate surface area is 133 Å². The second-order valence-corrected chi connectivity index (χ2v) is 5.63. The Bertz CT molecular complexity index is 855. The minimum atomic E-state index is -0.446. The largest absolute Gasteiger partial charge is 0.493 e. The van der Waals surface area contributed by atoms with Gasteiger partial charge in [0.15, 0.2) is 5.69 Å². The van der Waals surface area contributed by atoms with Gasteiger partial charge in [-0.05, 0) is 46.9 Å². The number of hydrogen-bond donors (Lipinski definition) is 2. The van der Waals surface area contributed by atoms with Gasteiger partial charge in [0.05, 0.1) is 5.52 Å². The summed E-state index contributed by atoms with van der Waals surface area (Å²) in [6, 6.07) is 14.4. The summed E-state index contributed by atoms with van der Waals surface area (Å²) >= 11 is 2.13. The standard InChI is InChI=1S/C15H10IN3O2/c16-10-5-3-4-9(8-10)14(20)19-18-13-11-6-1-2-7-12(11)17-15(13)21/h1-8,17,21H. The summed E-state index contributed by atoms with van der Waals surface area (Å²) in [4.78, 5) is 14.8. The molecule has 0 aliphatic carbocycles. The van der Waals surface area contributed by atoms with Crippen LogP contribution in [0.2, 0.25) is 0 Å². The zero-order chi connectivity index (χ0) is 14.8. The van der Waals surface area contributed by atoms with Crippen molar-refractivity contribution in [3.63, 3.8) is 0 Å². The number of nitrogens with zero attached hydrogens (tertiary/aromatic N) is 2. The number of hydrogen-bond acceptors (Lipinski definition) is 3. The Morgan fingerprint density at radius 2 is 1.95 bits per heavy atom. The number of benzene rings is 2. The molecule has 0 unspecified atom stereocenters. The fourth-order valence-electron chi connectivity index (χ4n) is 1.99. The molecule has 0 aliphatic rings. The van der Waals surface area contributed by atoms with Gasteiger partial charge in [-0.25, -0.2) is 0 Å². The van der Waals surface area contributed by atoms with E-state index in [1.54, 1.807) is 24.3 Å². The Balaban J connectivity index is 1.95. The molecule has 5 nitrogen and oxygen atoms in total. The summed E-state index contributed by atoms with van der Waals surface area (Å²) in [7, 11) is 0. The van der Waals surface area contributed by atoms with E-state index in [4.69, 9.17) is 0 Å². The van der Waals surface area contributed by atoms with E-state index < -0.39 is 5.91 Å². The highest BCUT2D eigenvalue weighted by Gasteiger charge is 2.11. The molecule has 0 aliphatic heterocycles. The summed E-state index contributed by atoms with van der Waals surface area (Å²) in [6.45, 7) is 0. The molecule has 21 heavy (non-hydrogen) atoms. The molecule has 0 fully saturated rings. The molecule has 2 N–H and O–H groups in total. The molecule has 0 spiro atoms. The molecule has 3 rings (SSSR count). The summed E-state index contributed by atoms with van der Waals surface area (Å²) in [5.41, 5.74) is 1.47. The van der Waals surface area contributed by atoms with Crippen molar-refractivity contribution in [2.45, 2.75) is 0 Å². The van der Waals surface area contributed by atoms with E-state index in [1.165, 1.54) is 0 Å². The summed E-state index contributed by atoms with van der Waals surface area (Å²) in [5.74, 6) is -0.548. The molecule has 2 aromatic carbocycles. The minimum Gasteiger partial charge on any atom is -0.493 e. The number of amides is 1. The third-order valence-electron chi connectivity index (χ3n) is 2.97. The molecular weight excluding hydrogens is 381 g/mol. The van der Waals surface area contributed by atoms with Gasteiger partial charge in [0.1, 0.15) is 0 Å². The normalized spacial score (nSPS) is 11.3. The van der Waals surface area contributed by atoms with Gasteiger partial charge in [0.25, 0.3) is 5.91 Å². The zero-order valence-corrected chi connectivity index (χ0v) is 12.9. The Morgan fingerprint density at radius 1 is 1.14 bits per heavy atom. The molecule has 0 atom stereocenters. The predicted octanol–water partition coefficient (Wildman–Crippen LogP) is 4.40. The molecule has 1 aromatic heterocycles. The Hall–Kier alpha value is -2.22. The van der Waals surface area contributed by atoms with Gasteiger partial charge < -0.3 is 10.1 Å². The molecule has 104 valence electrons. The van der Waals surface area contributed by atoms with Gasteiger partial charge in [-0.1, -0.05) is 24.3 Å². The van der Waals surface area contributed by atoms with Gasteiger partial charge in [0, 0.05) is 14.5 Å². The summed E-state index contributed by atoms with van der Waals surface area (Å²) in [5, 5.41) is 18.1. The molecule has 0 radical (unpaired) electrons. The van der Waals surface area contributed by atoms with E-state index >= 15 is 0 Å². The van der Waals surface area contributed by atoms with Crippen molar-refractivity contribution in [1.29, 1.82) is 0 Å². The number of nitrogens with one attached hydrogen (secondary N) is 1. The van der Waals surface area contributed by atoms with Crippen molar-refractivity contribution in [3.05, 3.63) is 57.7 Å². The Morgan fingerprint density at radius 3 is 2.76 bits per heavy atom. The minimum absolute atomic E-state index is 0.101. The smallest absolute Gasteiger partial charge is 0.295 e. The first-order valence-electron chi connectivity index (χ1n) is 6.16. The van der Waals surface area contributed by atoms with Gasteiger partial charge in [-0.2, -0.15) is 0 Å². The lowest BCUT2D eigenvalue weighted by molar-refractivity contribution is 0.0995. The van der Waals surface area contributed by atoms with E-state index in [1.807, 2.05) is 24.3 Å². The highest BCUT2D eigenvalue weighted by atomic mass is 127. The molecular formula is C15H10IN3O2. The molecule has 6 heteroatoms. The van der Waals surface area contributed by atoms with Crippen molar-refractivity contribution in [1.82, 2.24) is 4.98 Å². The topological polar surface area (TPSA) is 77.8 Å². The third-order valence-corrected chi connectivity index (χ3v) is 3.64. The predicted molar refractivity (Wildman–Crippen MR) is 88.0 cm³/mol. The lowest BCUT2D eigenvalue weighted by Gasteiger charge is -1.95. The lowest BCUT2D eigenvalue weighted by atomic mass is 10.2. The van der Waals surface area contributed by atoms with Crippen molar-refractivity contribution in [2.75, 3.05) is 0 Å². The van der Waals surface area contributed by atoms with Crippen LogP contribution in [0.3, 0.4) is 0 Å². The molecule has 0 saturated heterocycles. The van der Waals surface area contributed by atoms with E-state index in [9.17, 15) is 9.90 Å². The second-order valence-electron chi connectivity index (χ2n) is 4.38. The fourth-order valence-corrected chi connectivity index (χ4v) is 2.53. The van der Waals surface area contributed by atoms with Gasteiger partial charge >= 0.3 is 0 Å². The van der Waals surface area contributed by atoms with E-state index in [0.29, 0.717) is 10.9 Å². The van der Waals surface area contributed by atoms with Crippen LogP contribution in [0.15, 0.2) is 58.8 Å². The quantitative estimate of drug-likeness (QED) is 0.502. The first-order chi connectivity index (χ1) is 10.1. The van der Waals surface area contributed by atoms with Gasteiger partial charge in [-0.15, -0.1) is 10.2 Å². The fraction of sp³-hybridized carbons (Fsp3) is 0.